The lowest BCUT2D eigenvalue weighted by molar-refractivity contribution is -0.118. The van der Waals surface area contributed by atoms with Crippen molar-refractivity contribution in [2.75, 3.05) is 24.7 Å². The van der Waals surface area contributed by atoms with E-state index >= 15 is 0 Å². The molecular weight excluding hydrogens is 206 g/mol. The number of carbonyl (C=O) groups is 1. The summed E-state index contributed by atoms with van der Waals surface area (Å²) in [4.78, 5) is 10.5. The fraction of sp³-hybridized carbons (Fsp3) is 0.364. The normalized spacial score (nSPS) is 9.81. The number of ether oxygens (including phenoxy) is 1. The van der Waals surface area contributed by atoms with E-state index in [-0.39, 0.29) is 5.91 Å². The van der Waals surface area contributed by atoms with E-state index in [4.69, 9.17) is 16.2 Å². The molecule has 5 heteroatoms. The van der Waals surface area contributed by atoms with Crippen LogP contribution in [0, 0.1) is 0 Å². The van der Waals surface area contributed by atoms with Crippen LogP contribution in [0.2, 0.25) is 0 Å². The van der Waals surface area contributed by atoms with Gasteiger partial charge in [0.1, 0.15) is 5.75 Å². The summed E-state index contributed by atoms with van der Waals surface area (Å²) < 4.78 is 5.09. The second-order valence-electron chi connectivity index (χ2n) is 3.42. The van der Waals surface area contributed by atoms with Crippen LogP contribution in [-0.4, -0.2) is 19.6 Å². The highest BCUT2D eigenvalue weighted by atomic mass is 16.5. The van der Waals surface area contributed by atoms with Gasteiger partial charge >= 0.3 is 0 Å². The van der Waals surface area contributed by atoms with Crippen molar-refractivity contribution in [3.63, 3.8) is 0 Å². The lowest BCUT2D eigenvalue weighted by Gasteiger charge is -2.11. The Morgan fingerprint density at radius 2 is 2.25 bits per heavy atom. The highest BCUT2D eigenvalue weighted by molar-refractivity contribution is 5.74. The average Bonchev–Trinajstić information content (AvgIpc) is 2.26. The summed E-state index contributed by atoms with van der Waals surface area (Å²) in [5, 5.41) is 3.13. The number of hydrogen-bond donors (Lipinski definition) is 3. The van der Waals surface area contributed by atoms with Crippen molar-refractivity contribution in [3.05, 3.63) is 18.2 Å². The number of nitrogen functional groups attached to an aromatic ring is 1. The van der Waals surface area contributed by atoms with E-state index in [1.54, 1.807) is 13.2 Å². The first kappa shape index (κ1) is 12.2. The number of nitrogens with one attached hydrogen (secondary N) is 1. The predicted molar refractivity (Wildman–Crippen MR) is 64.3 cm³/mol. The quantitative estimate of drug-likeness (QED) is 0.495. The number of methoxy groups -OCH3 is 1. The number of rotatable bonds is 6. The Balaban J connectivity index is 2.50. The molecule has 88 valence electrons. The van der Waals surface area contributed by atoms with Gasteiger partial charge in [-0.25, -0.2) is 0 Å². The third-order valence-electron chi connectivity index (χ3n) is 2.20. The van der Waals surface area contributed by atoms with Gasteiger partial charge in [-0.3, -0.25) is 4.79 Å². The van der Waals surface area contributed by atoms with Gasteiger partial charge in [0.05, 0.1) is 18.5 Å². The van der Waals surface area contributed by atoms with Crippen LogP contribution < -0.4 is 21.5 Å². The number of carbonyl (C=O) groups excluding carboxylic acids is 1. The van der Waals surface area contributed by atoms with Crippen molar-refractivity contribution < 1.29 is 9.53 Å². The lowest BCUT2D eigenvalue weighted by Crippen LogP contribution is -2.13. The van der Waals surface area contributed by atoms with Crippen LogP contribution >= 0.6 is 0 Å². The fourth-order valence-electron chi connectivity index (χ4n) is 1.36. The van der Waals surface area contributed by atoms with Crippen molar-refractivity contribution in [3.8, 4) is 5.75 Å². The van der Waals surface area contributed by atoms with E-state index in [2.05, 4.69) is 5.32 Å². The Bertz CT molecular complexity index is 366. The van der Waals surface area contributed by atoms with Gasteiger partial charge in [-0.15, -0.1) is 0 Å². The minimum atomic E-state index is -0.291. The van der Waals surface area contributed by atoms with E-state index in [1.165, 1.54) is 0 Å². The first-order valence-electron chi connectivity index (χ1n) is 5.09. The maximum absolute atomic E-state index is 10.5. The molecule has 0 atom stereocenters. The molecule has 5 N–H and O–H groups in total. The molecule has 0 heterocycles. The second kappa shape index (κ2) is 5.85. The largest absolute Gasteiger partial charge is 0.495 e. The SMILES string of the molecule is COc1cccc(NCCCC(N)=O)c1N. The van der Waals surface area contributed by atoms with Gasteiger partial charge in [0.25, 0.3) is 0 Å². The van der Waals surface area contributed by atoms with E-state index in [9.17, 15) is 4.79 Å². The van der Waals surface area contributed by atoms with Crippen LogP contribution in [0.5, 0.6) is 5.75 Å². The zero-order valence-electron chi connectivity index (χ0n) is 9.32. The number of primary amides is 1. The molecule has 1 aromatic rings. The van der Waals surface area contributed by atoms with Crippen LogP contribution in [0.4, 0.5) is 11.4 Å². The molecule has 0 spiro atoms. The zero-order valence-corrected chi connectivity index (χ0v) is 9.32. The number of anilines is 2. The molecule has 1 aromatic carbocycles. The molecule has 5 nitrogen and oxygen atoms in total. The highest BCUT2D eigenvalue weighted by Crippen LogP contribution is 2.28. The van der Waals surface area contributed by atoms with Gasteiger partial charge in [-0.05, 0) is 18.6 Å². The number of hydrogen-bond acceptors (Lipinski definition) is 4. The summed E-state index contributed by atoms with van der Waals surface area (Å²) in [5.41, 5.74) is 12.3. The zero-order chi connectivity index (χ0) is 12.0. The van der Waals surface area contributed by atoms with Gasteiger partial charge in [0.2, 0.25) is 5.91 Å². The Kier molecular flexibility index (Phi) is 4.44. The van der Waals surface area contributed by atoms with Crippen molar-refractivity contribution in [2.45, 2.75) is 12.8 Å². The molecule has 16 heavy (non-hydrogen) atoms. The minimum Gasteiger partial charge on any atom is -0.495 e. The second-order valence-corrected chi connectivity index (χ2v) is 3.42. The summed E-state index contributed by atoms with van der Waals surface area (Å²) in [6.45, 7) is 0.653. The average molecular weight is 223 g/mol. The molecule has 0 aliphatic heterocycles. The Morgan fingerprint density at radius 1 is 1.50 bits per heavy atom. The standard InChI is InChI=1S/C11H17N3O2/c1-16-9-5-2-4-8(11(9)13)14-7-3-6-10(12)15/h2,4-5,14H,3,6-7,13H2,1H3,(H2,12,15). The minimum absolute atomic E-state index is 0.291. The molecule has 0 saturated heterocycles. The fourth-order valence-corrected chi connectivity index (χ4v) is 1.36. The first-order chi connectivity index (χ1) is 7.65. The molecule has 0 saturated carbocycles. The van der Waals surface area contributed by atoms with Gasteiger partial charge in [0.15, 0.2) is 0 Å². The summed E-state index contributed by atoms with van der Waals surface area (Å²) in [6.07, 6.45) is 1.06. The molecule has 1 amide bonds. The Hall–Kier alpha value is -1.91. The van der Waals surface area contributed by atoms with Crippen LogP contribution in [0.15, 0.2) is 18.2 Å². The van der Waals surface area contributed by atoms with Gasteiger partial charge in [-0.1, -0.05) is 6.07 Å². The number of amides is 1. The van der Waals surface area contributed by atoms with Crippen molar-refractivity contribution in [1.29, 1.82) is 0 Å². The van der Waals surface area contributed by atoms with E-state index in [1.807, 2.05) is 12.1 Å². The van der Waals surface area contributed by atoms with Gasteiger partial charge < -0.3 is 21.5 Å². The highest BCUT2D eigenvalue weighted by Gasteiger charge is 2.04. The van der Waals surface area contributed by atoms with Gasteiger partial charge in [0, 0.05) is 13.0 Å². The number of benzene rings is 1. The summed E-state index contributed by atoms with van der Waals surface area (Å²) in [5.74, 6) is 0.348. The van der Waals surface area contributed by atoms with E-state index in [0.29, 0.717) is 30.8 Å². The van der Waals surface area contributed by atoms with Crippen LogP contribution in [0.25, 0.3) is 0 Å². The Labute approximate surface area is 94.8 Å². The predicted octanol–water partition coefficient (Wildman–Crippen LogP) is 0.955. The van der Waals surface area contributed by atoms with Gasteiger partial charge in [-0.2, -0.15) is 0 Å². The topological polar surface area (TPSA) is 90.4 Å². The smallest absolute Gasteiger partial charge is 0.217 e. The van der Waals surface area contributed by atoms with Crippen molar-refractivity contribution >= 4 is 17.3 Å². The molecule has 0 fully saturated rings. The molecule has 0 unspecified atom stereocenters. The maximum Gasteiger partial charge on any atom is 0.217 e. The third-order valence-corrected chi connectivity index (χ3v) is 2.20. The van der Waals surface area contributed by atoms with Crippen molar-refractivity contribution in [1.82, 2.24) is 0 Å². The molecule has 0 radical (unpaired) electrons. The summed E-state index contributed by atoms with van der Waals surface area (Å²) in [7, 11) is 1.57. The van der Waals surface area contributed by atoms with E-state index in [0.717, 1.165) is 5.69 Å². The number of nitrogens with two attached hydrogens (primary N) is 2. The summed E-state index contributed by atoms with van der Waals surface area (Å²) >= 11 is 0. The van der Waals surface area contributed by atoms with Crippen molar-refractivity contribution in [2.24, 2.45) is 5.73 Å². The monoisotopic (exact) mass is 223 g/mol. The number of para-hydroxylation sites is 1. The molecule has 0 aliphatic carbocycles. The van der Waals surface area contributed by atoms with Crippen LogP contribution in [0.3, 0.4) is 0 Å². The maximum atomic E-state index is 10.5. The van der Waals surface area contributed by atoms with Crippen LogP contribution in [-0.2, 0) is 4.79 Å². The molecule has 0 aromatic heterocycles. The first-order valence-corrected chi connectivity index (χ1v) is 5.09. The molecule has 1 rings (SSSR count). The Morgan fingerprint density at radius 3 is 2.88 bits per heavy atom. The third kappa shape index (κ3) is 3.34. The van der Waals surface area contributed by atoms with Crippen LogP contribution in [0.1, 0.15) is 12.8 Å². The molecule has 0 bridgehead atoms. The lowest BCUT2D eigenvalue weighted by atomic mass is 10.2. The molecular formula is C11H17N3O2. The summed E-state index contributed by atoms with van der Waals surface area (Å²) in [6, 6.07) is 5.51. The van der Waals surface area contributed by atoms with E-state index < -0.39 is 0 Å². The molecule has 0 aliphatic rings.